The Labute approximate surface area is 111 Å². The third-order valence-electron chi connectivity index (χ3n) is 2.99. The Morgan fingerprint density at radius 1 is 1.33 bits per heavy atom. The van der Waals surface area contributed by atoms with Gasteiger partial charge in [-0.2, -0.15) is 0 Å². The van der Waals surface area contributed by atoms with Crippen LogP contribution in [0.2, 0.25) is 0 Å². The maximum absolute atomic E-state index is 10.3. The highest BCUT2D eigenvalue weighted by atomic mass is 32.1. The monoisotopic (exact) mass is 265 g/mol. The van der Waals surface area contributed by atoms with Crippen molar-refractivity contribution in [1.82, 2.24) is 5.32 Å². The molecule has 3 nitrogen and oxygen atoms in total. The topological polar surface area (TPSA) is 45.4 Å². The number of hydrogen-bond acceptors (Lipinski definition) is 4. The minimum atomic E-state index is -0.973. The summed E-state index contributed by atoms with van der Waals surface area (Å²) in [6.45, 7) is 6.99. The van der Waals surface area contributed by atoms with Crippen LogP contribution in [0.3, 0.4) is 0 Å². The number of furan rings is 1. The molecule has 0 spiro atoms. The molecule has 0 aliphatic rings. The molecule has 2 aromatic rings. The summed E-state index contributed by atoms with van der Waals surface area (Å²) in [7, 11) is 0. The lowest BCUT2D eigenvalue weighted by atomic mass is 10.0. The van der Waals surface area contributed by atoms with Crippen molar-refractivity contribution in [2.75, 3.05) is 6.54 Å². The summed E-state index contributed by atoms with van der Waals surface area (Å²) in [6, 6.07) is 5.80. The molecule has 98 valence electrons. The normalized spacial score (nSPS) is 14.7. The second kappa shape index (κ2) is 5.26. The average molecular weight is 265 g/mol. The molecule has 0 aliphatic carbocycles. The Morgan fingerprint density at radius 2 is 2.11 bits per heavy atom. The standard InChI is InChI=1S/C14H19NO2S/c1-10-6-7-18-12(10)8-15-9-14(3,16)13-5-4-11(2)17-13/h4-7,15-16H,8-9H2,1-3H3. The van der Waals surface area contributed by atoms with Gasteiger partial charge in [0.1, 0.15) is 17.1 Å². The van der Waals surface area contributed by atoms with E-state index in [1.54, 1.807) is 18.3 Å². The highest BCUT2D eigenvalue weighted by molar-refractivity contribution is 7.10. The van der Waals surface area contributed by atoms with Gasteiger partial charge < -0.3 is 14.8 Å². The van der Waals surface area contributed by atoms with Crippen molar-refractivity contribution in [3.63, 3.8) is 0 Å². The van der Waals surface area contributed by atoms with Crippen molar-refractivity contribution in [2.45, 2.75) is 32.9 Å². The summed E-state index contributed by atoms with van der Waals surface area (Å²) in [5.74, 6) is 1.43. The molecule has 0 bridgehead atoms. The molecule has 0 radical (unpaired) electrons. The minimum absolute atomic E-state index is 0.470. The van der Waals surface area contributed by atoms with E-state index >= 15 is 0 Å². The molecule has 1 unspecified atom stereocenters. The van der Waals surface area contributed by atoms with Crippen molar-refractivity contribution in [3.05, 3.63) is 45.5 Å². The lowest BCUT2D eigenvalue weighted by Gasteiger charge is -2.21. The minimum Gasteiger partial charge on any atom is -0.463 e. The van der Waals surface area contributed by atoms with E-state index in [4.69, 9.17) is 4.42 Å². The van der Waals surface area contributed by atoms with Gasteiger partial charge in [-0.25, -0.2) is 0 Å². The van der Waals surface area contributed by atoms with Crippen LogP contribution in [0.15, 0.2) is 28.0 Å². The predicted octanol–water partition coefficient (Wildman–Crippen LogP) is 2.96. The molecule has 18 heavy (non-hydrogen) atoms. The second-order valence-electron chi connectivity index (χ2n) is 4.81. The van der Waals surface area contributed by atoms with Gasteiger partial charge in [-0.05, 0) is 49.9 Å². The van der Waals surface area contributed by atoms with Crippen molar-refractivity contribution in [2.24, 2.45) is 0 Å². The van der Waals surface area contributed by atoms with Gasteiger partial charge in [0, 0.05) is 18.0 Å². The van der Waals surface area contributed by atoms with Crippen LogP contribution in [-0.4, -0.2) is 11.7 Å². The highest BCUT2D eigenvalue weighted by Crippen LogP contribution is 2.22. The molecule has 0 saturated heterocycles. The van der Waals surface area contributed by atoms with Crippen LogP contribution in [0.5, 0.6) is 0 Å². The first kappa shape index (κ1) is 13.3. The van der Waals surface area contributed by atoms with Crippen LogP contribution in [-0.2, 0) is 12.1 Å². The molecule has 1 atom stereocenters. The van der Waals surface area contributed by atoms with Crippen LogP contribution in [0.4, 0.5) is 0 Å². The number of nitrogens with one attached hydrogen (secondary N) is 1. The Morgan fingerprint density at radius 3 is 2.67 bits per heavy atom. The smallest absolute Gasteiger partial charge is 0.136 e. The van der Waals surface area contributed by atoms with Gasteiger partial charge in [-0.15, -0.1) is 11.3 Å². The molecular formula is C14H19NO2S. The Bertz CT molecular complexity index is 513. The second-order valence-corrected chi connectivity index (χ2v) is 5.82. The molecule has 2 N–H and O–H groups in total. The highest BCUT2D eigenvalue weighted by Gasteiger charge is 2.26. The lowest BCUT2D eigenvalue weighted by molar-refractivity contribution is 0.0333. The summed E-state index contributed by atoms with van der Waals surface area (Å²) in [4.78, 5) is 1.31. The van der Waals surface area contributed by atoms with E-state index in [-0.39, 0.29) is 0 Å². The van der Waals surface area contributed by atoms with Crippen molar-refractivity contribution >= 4 is 11.3 Å². The number of rotatable bonds is 5. The average Bonchev–Trinajstić information content (AvgIpc) is 2.89. The summed E-state index contributed by atoms with van der Waals surface area (Å²) in [6.07, 6.45) is 0. The van der Waals surface area contributed by atoms with E-state index in [1.807, 2.05) is 19.1 Å². The van der Waals surface area contributed by atoms with Gasteiger partial charge in [0.2, 0.25) is 0 Å². The number of hydrogen-bond donors (Lipinski definition) is 2. The third kappa shape index (κ3) is 3.02. The first-order valence-corrected chi connectivity index (χ1v) is 6.90. The molecule has 0 fully saturated rings. The van der Waals surface area contributed by atoms with Gasteiger partial charge in [0.15, 0.2) is 0 Å². The summed E-state index contributed by atoms with van der Waals surface area (Å²) < 4.78 is 5.47. The van der Waals surface area contributed by atoms with Gasteiger partial charge in [0.05, 0.1) is 0 Å². The fourth-order valence-electron chi connectivity index (χ4n) is 1.82. The first-order valence-electron chi connectivity index (χ1n) is 6.02. The van der Waals surface area contributed by atoms with Crippen molar-refractivity contribution in [1.29, 1.82) is 0 Å². The molecule has 2 aromatic heterocycles. The van der Waals surface area contributed by atoms with Crippen LogP contribution in [0, 0.1) is 13.8 Å². The number of aryl methyl sites for hydroxylation is 2. The van der Waals surface area contributed by atoms with Crippen LogP contribution in [0.25, 0.3) is 0 Å². The Balaban J connectivity index is 1.91. The van der Waals surface area contributed by atoms with E-state index in [0.717, 1.165) is 12.3 Å². The van der Waals surface area contributed by atoms with Crippen LogP contribution in [0.1, 0.15) is 28.9 Å². The van der Waals surface area contributed by atoms with Crippen molar-refractivity contribution in [3.8, 4) is 0 Å². The fraction of sp³-hybridized carbons (Fsp3) is 0.429. The molecule has 0 saturated carbocycles. The van der Waals surface area contributed by atoms with E-state index in [9.17, 15) is 5.11 Å². The largest absolute Gasteiger partial charge is 0.463 e. The van der Waals surface area contributed by atoms with Gasteiger partial charge in [-0.1, -0.05) is 0 Å². The summed E-state index contributed by atoms with van der Waals surface area (Å²) in [5, 5.41) is 15.7. The Hall–Kier alpha value is -1.10. The Kier molecular flexibility index (Phi) is 3.90. The molecule has 0 amide bonds. The van der Waals surface area contributed by atoms with Crippen molar-refractivity contribution < 1.29 is 9.52 Å². The van der Waals surface area contributed by atoms with Crippen LogP contribution >= 0.6 is 11.3 Å². The lowest BCUT2D eigenvalue weighted by Crippen LogP contribution is -2.34. The maximum Gasteiger partial charge on any atom is 0.136 e. The SMILES string of the molecule is Cc1ccc(C(C)(O)CNCc2sccc2C)o1. The molecule has 4 heteroatoms. The maximum atomic E-state index is 10.3. The van der Waals surface area contributed by atoms with E-state index in [1.165, 1.54) is 10.4 Å². The van der Waals surface area contributed by atoms with E-state index < -0.39 is 5.60 Å². The van der Waals surface area contributed by atoms with Gasteiger partial charge >= 0.3 is 0 Å². The number of aliphatic hydroxyl groups is 1. The van der Waals surface area contributed by atoms with E-state index in [2.05, 4.69) is 23.7 Å². The van der Waals surface area contributed by atoms with Gasteiger partial charge in [0.25, 0.3) is 0 Å². The molecule has 2 rings (SSSR count). The van der Waals surface area contributed by atoms with Gasteiger partial charge in [-0.3, -0.25) is 0 Å². The molecule has 0 aliphatic heterocycles. The molecular weight excluding hydrogens is 246 g/mol. The zero-order valence-electron chi connectivity index (χ0n) is 11.0. The molecule has 0 aromatic carbocycles. The third-order valence-corrected chi connectivity index (χ3v) is 4.02. The molecule has 2 heterocycles. The summed E-state index contributed by atoms with van der Waals surface area (Å²) in [5.41, 5.74) is 0.320. The van der Waals surface area contributed by atoms with Crippen LogP contribution < -0.4 is 5.32 Å². The van der Waals surface area contributed by atoms with E-state index in [0.29, 0.717) is 12.3 Å². The zero-order chi connectivity index (χ0) is 13.2. The zero-order valence-corrected chi connectivity index (χ0v) is 11.8. The summed E-state index contributed by atoms with van der Waals surface area (Å²) >= 11 is 1.73. The quantitative estimate of drug-likeness (QED) is 0.873. The first-order chi connectivity index (χ1) is 8.49. The number of thiophene rings is 1. The predicted molar refractivity (Wildman–Crippen MR) is 73.8 cm³/mol. The fourth-order valence-corrected chi connectivity index (χ4v) is 2.69.